The molecular weight excluding hydrogens is 832 g/mol. The van der Waals surface area contributed by atoms with Crippen molar-refractivity contribution in [3.8, 4) is 35.4 Å². The number of fused-ring (bicyclic) bond motifs is 5. The highest BCUT2D eigenvalue weighted by molar-refractivity contribution is 8.76. The summed E-state index contributed by atoms with van der Waals surface area (Å²) in [6.07, 6.45) is 9.21. The summed E-state index contributed by atoms with van der Waals surface area (Å²) in [6.45, 7) is 6.10. The van der Waals surface area contributed by atoms with Crippen molar-refractivity contribution in [3.63, 3.8) is 0 Å². The van der Waals surface area contributed by atoms with E-state index in [0.717, 1.165) is 32.2 Å². The largest absolute Gasteiger partial charge is 0.508 e. The third-order valence-corrected chi connectivity index (χ3v) is 14.5. The molecule has 4 saturated heterocycles. The van der Waals surface area contributed by atoms with Gasteiger partial charge in [-0.05, 0) is 61.7 Å². The first-order valence-corrected chi connectivity index (χ1v) is 23.0. The number of carbonyl (C=O) groups excluding carboxylic acids is 2. The number of phenolic OH excluding ortho intramolecular Hbond substituents is 1. The molecule has 2 aromatic carbocycles. The maximum absolute atomic E-state index is 17.1. The van der Waals surface area contributed by atoms with Gasteiger partial charge < -0.3 is 30.0 Å². The smallest absolute Gasteiger partial charge is 0.410 e. The van der Waals surface area contributed by atoms with Gasteiger partial charge in [0, 0.05) is 54.7 Å². The second kappa shape index (κ2) is 18.0. The van der Waals surface area contributed by atoms with Crippen LogP contribution in [0.5, 0.6) is 11.8 Å². The number of piperazine rings is 1. The number of esters is 1. The number of carbonyl (C=O) groups is 2. The fourth-order valence-corrected chi connectivity index (χ4v) is 10.8. The third kappa shape index (κ3) is 8.58. The number of hydrogen-bond donors (Lipinski definition) is 2. The Kier molecular flexibility index (Phi) is 12.6. The molecular formula is C43H48F3N7O6S2. The molecule has 0 saturated carbocycles. The molecule has 8 rings (SSSR count). The molecule has 0 spiro atoms. The Balaban J connectivity index is 1.02. The van der Waals surface area contributed by atoms with E-state index in [9.17, 15) is 19.1 Å². The van der Waals surface area contributed by atoms with Crippen LogP contribution in [0.25, 0.3) is 32.9 Å². The normalized spacial score (nSPS) is 22.8. The molecule has 0 radical (unpaired) electrons. The summed E-state index contributed by atoms with van der Waals surface area (Å²) < 4.78 is 64.0. The summed E-state index contributed by atoms with van der Waals surface area (Å²) >= 11 is 0. The number of hydrogen-bond acceptors (Lipinski definition) is 14. The SMILES string of the molecule is C#Cc1c(F)ccc2cc(O)cc(-c3ncc4c(N5CC6CCC(C5)N6C(=O)OCCSSCCOC(=O)[C@@H](N)C(C)C)nc(OC[C@@]56CCCN5C[C@H](F)C6)nc4c3F)c12. The lowest BCUT2D eigenvalue weighted by Gasteiger charge is -2.41. The molecule has 2 bridgehead atoms. The zero-order chi connectivity index (χ0) is 43.0. The number of pyridine rings is 1. The van der Waals surface area contributed by atoms with Gasteiger partial charge in [0.2, 0.25) is 0 Å². The van der Waals surface area contributed by atoms with E-state index in [4.69, 9.17) is 31.4 Å². The van der Waals surface area contributed by atoms with Crippen LogP contribution in [0.1, 0.15) is 51.5 Å². The molecule has 61 heavy (non-hydrogen) atoms. The minimum Gasteiger partial charge on any atom is -0.508 e. The monoisotopic (exact) mass is 879 g/mol. The molecule has 1 amide bonds. The molecule has 3 N–H and O–H groups in total. The molecule has 2 unspecified atom stereocenters. The molecule has 4 aliphatic rings. The maximum Gasteiger partial charge on any atom is 0.410 e. The Morgan fingerprint density at radius 2 is 1.82 bits per heavy atom. The number of aromatic hydroxyl groups is 1. The fourth-order valence-electron chi connectivity index (χ4n) is 9.19. The second-order valence-corrected chi connectivity index (χ2v) is 19.1. The van der Waals surface area contributed by atoms with Gasteiger partial charge in [-0.15, -0.1) is 6.42 Å². The van der Waals surface area contributed by atoms with Crippen molar-refractivity contribution in [2.45, 2.75) is 75.8 Å². The number of nitrogens with two attached hydrogens (primary N) is 1. The summed E-state index contributed by atoms with van der Waals surface area (Å²) in [6, 6.07) is 4.17. The molecule has 6 heterocycles. The molecule has 18 heteroatoms. The van der Waals surface area contributed by atoms with E-state index in [1.165, 1.54) is 52.1 Å². The average Bonchev–Trinajstić information content (AvgIpc) is 3.86. The third-order valence-electron chi connectivity index (χ3n) is 12.2. The lowest BCUT2D eigenvalue weighted by atomic mass is 9.95. The Labute approximate surface area is 359 Å². The van der Waals surface area contributed by atoms with Crippen molar-refractivity contribution in [1.82, 2.24) is 24.8 Å². The minimum absolute atomic E-state index is 0.00543. The zero-order valence-electron chi connectivity index (χ0n) is 33.9. The molecule has 324 valence electrons. The number of benzene rings is 2. The van der Waals surface area contributed by atoms with E-state index in [1.807, 2.05) is 18.7 Å². The maximum atomic E-state index is 17.1. The molecule has 2 aromatic heterocycles. The highest BCUT2D eigenvalue weighted by atomic mass is 33.1. The second-order valence-electron chi connectivity index (χ2n) is 16.4. The lowest BCUT2D eigenvalue weighted by molar-refractivity contribution is -0.145. The van der Waals surface area contributed by atoms with Crippen LogP contribution in [0.15, 0.2) is 30.5 Å². The number of anilines is 1. The first-order chi connectivity index (χ1) is 29.4. The number of terminal acetylenes is 1. The van der Waals surface area contributed by atoms with Crippen molar-refractivity contribution in [1.29, 1.82) is 0 Å². The highest BCUT2D eigenvalue weighted by Crippen LogP contribution is 2.43. The van der Waals surface area contributed by atoms with Crippen molar-refractivity contribution in [3.05, 3.63) is 47.7 Å². The number of amides is 1. The van der Waals surface area contributed by atoms with Crippen LogP contribution >= 0.6 is 21.6 Å². The highest BCUT2D eigenvalue weighted by Gasteiger charge is 2.50. The standard InChI is InChI=1S/C43H48F3N7O6S2/c1-4-30-33(45)9-6-25-16-29(54)17-31(34(25)30)37-35(46)38-32(19-48-37)39(50-41(49-38)59-23-43-10-5-11-52(43)20-26(44)18-43)51-21-27-7-8-28(22-51)53(27)42(56)58-13-15-61-60-14-12-57-40(55)36(47)24(2)3/h1,6,9,16-17,19,24,26-28,36,54H,5,7-8,10-15,18,20-23,47H2,2-3H3/t26-,27?,28?,36+,43+/m1/s1. The van der Waals surface area contributed by atoms with Crippen LogP contribution in [0.2, 0.25) is 0 Å². The van der Waals surface area contributed by atoms with Gasteiger partial charge in [0.05, 0.1) is 28.6 Å². The molecule has 4 aromatic rings. The molecule has 13 nitrogen and oxygen atoms in total. The van der Waals surface area contributed by atoms with Crippen LogP contribution in [0, 0.1) is 29.9 Å². The Morgan fingerprint density at radius 3 is 2.54 bits per heavy atom. The number of rotatable bonds is 14. The Hall–Kier alpha value is -4.70. The van der Waals surface area contributed by atoms with Crippen molar-refractivity contribution < 1.29 is 42.1 Å². The summed E-state index contributed by atoms with van der Waals surface area (Å²) in [4.78, 5) is 45.2. The number of nitrogens with zero attached hydrogens (tertiary/aromatic N) is 6. The van der Waals surface area contributed by atoms with Crippen molar-refractivity contribution in [2.75, 3.05) is 62.4 Å². The van der Waals surface area contributed by atoms with Crippen LogP contribution in [-0.4, -0.2) is 129 Å². The summed E-state index contributed by atoms with van der Waals surface area (Å²) in [7, 11) is 3.03. The average molecular weight is 880 g/mol. The van der Waals surface area contributed by atoms with E-state index < -0.39 is 41.4 Å². The van der Waals surface area contributed by atoms with Crippen molar-refractivity contribution in [2.24, 2.45) is 11.7 Å². The van der Waals surface area contributed by atoms with E-state index in [2.05, 4.69) is 20.8 Å². The summed E-state index contributed by atoms with van der Waals surface area (Å²) in [5, 5.41) is 11.6. The predicted molar refractivity (Wildman–Crippen MR) is 229 cm³/mol. The summed E-state index contributed by atoms with van der Waals surface area (Å²) in [5.74, 6) is 1.69. The number of aromatic nitrogens is 3. The van der Waals surface area contributed by atoms with Gasteiger partial charge in [0.15, 0.2) is 5.82 Å². The van der Waals surface area contributed by atoms with Crippen LogP contribution < -0.4 is 15.4 Å². The van der Waals surface area contributed by atoms with E-state index in [0.29, 0.717) is 48.8 Å². The number of phenols is 1. The fraction of sp³-hybridized carbons (Fsp3) is 0.512. The lowest BCUT2D eigenvalue weighted by Crippen LogP contribution is -2.56. The van der Waals surface area contributed by atoms with Gasteiger partial charge in [-0.3, -0.25) is 19.6 Å². The van der Waals surface area contributed by atoms with Gasteiger partial charge in [0.1, 0.15) is 60.6 Å². The van der Waals surface area contributed by atoms with Gasteiger partial charge in [-0.25, -0.2) is 18.0 Å². The topological polar surface area (TPSA) is 156 Å². The Morgan fingerprint density at radius 1 is 1.08 bits per heavy atom. The molecule has 0 aliphatic carbocycles. The minimum atomic E-state index is -0.980. The van der Waals surface area contributed by atoms with E-state index >= 15 is 8.78 Å². The summed E-state index contributed by atoms with van der Waals surface area (Å²) in [5.41, 5.74) is 4.97. The predicted octanol–water partition coefficient (Wildman–Crippen LogP) is 6.46. The number of alkyl halides is 1. The molecule has 4 aliphatic heterocycles. The van der Waals surface area contributed by atoms with Gasteiger partial charge in [0.25, 0.3) is 0 Å². The van der Waals surface area contributed by atoms with Gasteiger partial charge >= 0.3 is 18.1 Å². The van der Waals surface area contributed by atoms with Crippen molar-refractivity contribution >= 4 is 61.1 Å². The van der Waals surface area contributed by atoms with E-state index in [1.54, 1.807) is 4.90 Å². The van der Waals surface area contributed by atoms with E-state index in [-0.39, 0.29) is 82.7 Å². The molecule has 4 fully saturated rings. The molecule has 5 atom stereocenters. The Bertz CT molecular complexity index is 2360. The van der Waals surface area contributed by atoms with Crippen LogP contribution in [-0.2, 0) is 14.3 Å². The zero-order valence-corrected chi connectivity index (χ0v) is 35.6. The first kappa shape index (κ1) is 43.0. The quantitative estimate of drug-likeness (QED) is 0.0616. The van der Waals surface area contributed by atoms with Crippen LogP contribution in [0.4, 0.5) is 23.8 Å². The first-order valence-electron chi connectivity index (χ1n) is 20.5. The number of halogens is 3. The van der Waals surface area contributed by atoms with Gasteiger partial charge in [-0.2, -0.15) is 9.97 Å². The van der Waals surface area contributed by atoms with Crippen LogP contribution in [0.3, 0.4) is 0 Å². The number of ether oxygens (including phenoxy) is 3. The van der Waals surface area contributed by atoms with Gasteiger partial charge in [-0.1, -0.05) is 47.4 Å².